The van der Waals surface area contributed by atoms with E-state index in [0.717, 1.165) is 23.0 Å². The molecule has 0 saturated carbocycles. The molecule has 0 atom stereocenters. The summed E-state index contributed by atoms with van der Waals surface area (Å²) in [5.41, 5.74) is 0.988. The standard InChI is InChI=1S/C10H14BrNO2/c1-12-6-5-7-8(11)3-4-9(13)10(7)14-2/h3-4,12-13H,5-6H2,1-2H3. The van der Waals surface area contributed by atoms with E-state index in [4.69, 9.17) is 4.74 Å². The van der Waals surface area contributed by atoms with Crippen LogP contribution in [0.2, 0.25) is 0 Å². The first-order valence-corrected chi connectivity index (χ1v) is 5.19. The molecule has 0 aliphatic carbocycles. The number of nitrogens with one attached hydrogen (secondary N) is 1. The molecule has 0 saturated heterocycles. The largest absolute Gasteiger partial charge is 0.504 e. The summed E-state index contributed by atoms with van der Waals surface area (Å²) in [6.45, 7) is 0.846. The molecule has 78 valence electrons. The van der Waals surface area contributed by atoms with Gasteiger partial charge in [-0.2, -0.15) is 0 Å². The van der Waals surface area contributed by atoms with Gasteiger partial charge in [0.05, 0.1) is 7.11 Å². The van der Waals surface area contributed by atoms with Crippen molar-refractivity contribution in [3.05, 3.63) is 22.2 Å². The van der Waals surface area contributed by atoms with E-state index in [2.05, 4.69) is 21.2 Å². The van der Waals surface area contributed by atoms with Crippen LogP contribution in [0.25, 0.3) is 0 Å². The Bertz CT molecular complexity index is 315. The summed E-state index contributed by atoms with van der Waals surface area (Å²) in [5.74, 6) is 0.733. The third kappa shape index (κ3) is 2.39. The lowest BCUT2D eigenvalue weighted by molar-refractivity contribution is 0.368. The van der Waals surface area contributed by atoms with Crippen LogP contribution in [-0.2, 0) is 6.42 Å². The molecule has 0 amide bonds. The molecule has 14 heavy (non-hydrogen) atoms. The van der Waals surface area contributed by atoms with Gasteiger partial charge in [-0.1, -0.05) is 15.9 Å². The molecule has 1 rings (SSSR count). The van der Waals surface area contributed by atoms with Crippen LogP contribution in [0.1, 0.15) is 5.56 Å². The van der Waals surface area contributed by atoms with Crippen molar-refractivity contribution in [2.24, 2.45) is 0 Å². The van der Waals surface area contributed by atoms with E-state index in [1.807, 2.05) is 13.1 Å². The summed E-state index contributed by atoms with van der Waals surface area (Å²) in [6, 6.07) is 3.44. The van der Waals surface area contributed by atoms with Crippen molar-refractivity contribution < 1.29 is 9.84 Å². The smallest absolute Gasteiger partial charge is 0.164 e. The monoisotopic (exact) mass is 259 g/mol. The summed E-state index contributed by atoms with van der Waals surface area (Å²) in [7, 11) is 3.45. The maximum absolute atomic E-state index is 9.55. The second-order valence-corrected chi connectivity index (χ2v) is 3.79. The Morgan fingerprint density at radius 2 is 2.21 bits per heavy atom. The van der Waals surface area contributed by atoms with Crippen LogP contribution in [0.4, 0.5) is 0 Å². The van der Waals surface area contributed by atoms with E-state index in [1.54, 1.807) is 13.2 Å². The zero-order valence-corrected chi connectivity index (χ0v) is 9.89. The number of phenols is 1. The molecule has 0 aromatic heterocycles. The zero-order valence-electron chi connectivity index (χ0n) is 8.30. The minimum atomic E-state index is 0.182. The number of halogens is 1. The number of hydrogen-bond donors (Lipinski definition) is 2. The summed E-state index contributed by atoms with van der Waals surface area (Å²) in [6.07, 6.45) is 0.814. The van der Waals surface area contributed by atoms with Crippen molar-refractivity contribution >= 4 is 15.9 Å². The number of hydrogen-bond acceptors (Lipinski definition) is 3. The first-order chi connectivity index (χ1) is 6.70. The number of likely N-dealkylation sites (N-methyl/N-ethyl adjacent to an activating group) is 1. The first kappa shape index (κ1) is 11.3. The molecule has 0 aliphatic rings. The molecular formula is C10H14BrNO2. The highest BCUT2D eigenvalue weighted by Gasteiger charge is 2.11. The van der Waals surface area contributed by atoms with Gasteiger partial charge in [0.25, 0.3) is 0 Å². The molecule has 1 aromatic rings. The lowest BCUT2D eigenvalue weighted by atomic mass is 10.1. The number of methoxy groups -OCH3 is 1. The van der Waals surface area contributed by atoms with Gasteiger partial charge in [-0.05, 0) is 32.1 Å². The average molecular weight is 260 g/mol. The van der Waals surface area contributed by atoms with Gasteiger partial charge in [0.15, 0.2) is 11.5 Å². The fourth-order valence-electron chi connectivity index (χ4n) is 1.30. The zero-order chi connectivity index (χ0) is 10.6. The van der Waals surface area contributed by atoms with Gasteiger partial charge in [-0.25, -0.2) is 0 Å². The molecule has 0 spiro atoms. The van der Waals surface area contributed by atoms with Gasteiger partial charge in [0.1, 0.15) is 0 Å². The normalized spacial score (nSPS) is 10.2. The van der Waals surface area contributed by atoms with Crippen molar-refractivity contribution in [1.29, 1.82) is 0 Å². The van der Waals surface area contributed by atoms with E-state index in [9.17, 15) is 5.11 Å². The minimum Gasteiger partial charge on any atom is -0.504 e. The number of ether oxygens (including phenoxy) is 1. The van der Waals surface area contributed by atoms with Crippen molar-refractivity contribution in [1.82, 2.24) is 5.32 Å². The molecule has 0 heterocycles. The van der Waals surface area contributed by atoms with Crippen molar-refractivity contribution in [3.8, 4) is 11.5 Å². The highest BCUT2D eigenvalue weighted by molar-refractivity contribution is 9.10. The topological polar surface area (TPSA) is 41.5 Å². The van der Waals surface area contributed by atoms with Crippen LogP contribution in [0.15, 0.2) is 16.6 Å². The Balaban J connectivity index is 3.03. The summed E-state index contributed by atoms with van der Waals surface area (Å²) >= 11 is 3.43. The van der Waals surface area contributed by atoms with E-state index < -0.39 is 0 Å². The molecule has 0 aliphatic heterocycles. The van der Waals surface area contributed by atoms with Crippen molar-refractivity contribution in [2.75, 3.05) is 20.7 Å². The Hall–Kier alpha value is -0.740. The van der Waals surface area contributed by atoms with Crippen LogP contribution in [0.3, 0.4) is 0 Å². The summed E-state index contributed by atoms with van der Waals surface area (Å²) in [4.78, 5) is 0. The van der Waals surface area contributed by atoms with E-state index >= 15 is 0 Å². The van der Waals surface area contributed by atoms with Gasteiger partial charge in [0, 0.05) is 10.0 Å². The van der Waals surface area contributed by atoms with Crippen LogP contribution in [-0.4, -0.2) is 25.8 Å². The molecule has 0 fully saturated rings. The Labute approximate surface area is 92.2 Å². The number of rotatable bonds is 4. The number of phenolic OH excluding ortho intramolecular Hbond substituents is 1. The lowest BCUT2D eigenvalue weighted by Crippen LogP contribution is -2.11. The molecule has 4 heteroatoms. The third-order valence-electron chi connectivity index (χ3n) is 2.01. The van der Waals surface area contributed by atoms with Gasteiger partial charge in [0.2, 0.25) is 0 Å². The lowest BCUT2D eigenvalue weighted by Gasteiger charge is -2.11. The molecule has 0 radical (unpaired) electrons. The summed E-state index contributed by atoms with van der Waals surface area (Å²) in [5, 5.41) is 12.6. The van der Waals surface area contributed by atoms with Gasteiger partial charge >= 0.3 is 0 Å². The SMILES string of the molecule is CNCCc1c(Br)ccc(O)c1OC. The minimum absolute atomic E-state index is 0.182. The molecule has 2 N–H and O–H groups in total. The fraction of sp³-hybridized carbons (Fsp3) is 0.400. The second-order valence-electron chi connectivity index (χ2n) is 2.93. The predicted molar refractivity (Wildman–Crippen MR) is 60.0 cm³/mol. The van der Waals surface area contributed by atoms with Crippen LogP contribution >= 0.6 is 15.9 Å². The van der Waals surface area contributed by atoms with Crippen LogP contribution in [0.5, 0.6) is 11.5 Å². The van der Waals surface area contributed by atoms with Crippen LogP contribution < -0.4 is 10.1 Å². The maximum atomic E-state index is 9.55. The third-order valence-corrected chi connectivity index (χ3v) is 2.75. The highest BCUT2D eigenvalue weighted by Crippen LogP contribution is 2.35. The predicted octanol–water partition coefficient (Wildman–Crippen LogP) is 1.93. The first-order valence-electron chi connectivity index (χ1n) is 4.39. The molecule has 0 unspecified atom stereocenters. The van der Waals surface area contributed by atoms with Gasteiger partial charge in [-0.3, -0.25) is 0 Å². The van der Waals surface area contributed by atoms with E-state index in [1.165, 1.54) is 0 Å². The second kappa shape index (κ2) is 5.22. The Morgan fingerprint density at radius 1 is 1.50 bits per heavy atom. The number of benzene rings is 1. The molecule has 1 aromatic carbocycles. The van der Waals surface area contributed by atoms with Gasteiger partial charge < -0.3 is 15.2 Å². The fourth-order valence-corrected chi connectivity index (χ4v) is 1.81. The van der Waals surface area contributed by atoms with E-state index in [0.29, 0.717) is 5.75 Å². The summed E-state index contributed by atoms with van der Waals surface area (Å²) < 4.78 is 6.11. The van der Waals surface area contributed by atoms with Crippen molar-refractivity contribution in [2.45, 2.75) is 6.42 Å². The van der Waals surface area contributed by atoms with E-state index in [-0.39, 0.29) is 5.75 Å². The quantitative estimate of drug-likeness (QED) is 0.869. The Kier molecular flexibility index (Phi) is 4.22. The van der Waals surface area contributed by atoms with Crippen LogP contribution in [0, 0.1) is 0 Å². The van der Waals surface area contributed by atoms with Gasteiger partial charge in [-0.15, -0.1) is 0 Å². The molecule has 3 nitrogen and oxygen atoms in total. The molecular weight excluding hydrogens is 246 g/mol. The average Bonchev–Trinajstić information content (AvgIpc) is 2.19. The molecule has 0 bridgehead atoms. The number of aromatic hydroxyl groups is 1. The Morgan fingerprint density at radius 3 is 2.79 bits per heavy atom. The van der Waals surface area contributed by atoms with Crippen molar-refractivity contribution in [3.63, 3.8) is 0 Å². The maximum Gasteiger partial charge on any atom is 0.164 e. The highest BCUT2D eigenvalue weighted by atomic mass is 79.9.